The lowest BCUT2D eigenvalue weighted by atomic mass is 9.86. The number of carboxylic acids is 2. The van der Waals surface area contributed by atoms with Crippen LogP contribution in [0, 0.1) is 5.92 Å². The molecule has 0 bridgehead atoms. The predicted molar refractivity (Wildman–Crippen MR) is 88.6 cm³/mol. The van der Waals surface area contributed by atoms with E-state index in [4.69, 9.17) is 5.11 Å². The fourth-order valence-electron chi connectivity index (χ4n) is 3.35. The highest BCUT2D eigenvalue weighted by atomic mass is 16.4. The average molecular weight is 330 g/mol. The van der Waals surface area contributed by atoms with Gasteiger partial charge in [-0.25, -0.2) is 4.79 Å². The summed E-state index contributed by atoms with van der Waals surface area (Å²) < 4.78 is 0. The molecule has 0 unspecified atom stereocenters. The average Bonchev–Trinajstić information content (AvgIpc) is 3.05. The van der Waals surface area contributed by atoms with Crippen LogP contribution in [0.4, 0.5) is 0 Å². The molecule has 0 aliphatic heterocycles. The molecule has 2 rings (SSSR count). The van der Waals surface area contributed by atoms with Crippen molar-refractivity contribution >= 4 is 17.7 Å². The van der Waals surface area contributed by atoms with Crippen LogP contribution in [0.3, 0.4) is 0 Å². The van der Waals surface area contributed by atoms with E-state index >= 15 is 0 Å². The first kappa shape index (κ1) is 17.9. The zero-order valence-electron chi connectivity index (χ0n) is 13.5. The first-order valence-electron chi connectivity index (χ1n) is 8.20. The van der Waals surface area contributed by atoms with Gasteiger partial charge < -0.3 is 10.2 Å². The van der Waals surface area contributed by atoms with Crippen LogP contribution in [-0.4, -0.2) is 27.9 Å². The van der Waals surface area contributed by atoms with Crippen LogP contribution in [-0.2, 0) is 20.8 Å². The Labute approximate surface area is 141 Å². The van der Waals surface area contributed by atoms with E-state index in [-0.39, 0.29) is 30.1 Å². The molecule has 1 aliphatic rings. The van der Waals surface area contributed by atoms with E-state index in [0.717, 1.165) is 31.2 Å². The number of rotatable bonds is 8. The second-order valence-electron chi connectivity index (χ2n) is 6.24. The first-order chi connectivity index (χ1) is 11.5. The van der Waals surface area contributed by atoms with E-state index in [2.05, 4.69) is 0 Å². The Hall–Kier alpha value is -2.43. The lowest BCUT2D eigenvalue weighted by Gasteiger charge is -2.17. The molecule has 0 atom stereocenters. The molecule has 1 aromatic rings. The first-order valence-corrected chi connectivity index (χ1v) is 8.20. The molecule has 0 aromatic heterocycles. The van der Waals surface area contributed by atoms with Crippen LogP contribution < -0.4 is 0 Å². The van der Waals surface area contributed by atoms with Crippen molar-refractivity contribution < 1.29 is 24.6 Å². The fraction of sp³-hybridized carbons (Fsp3) is 0.421. The van der Waals surface area contributed by atoms with Crippen molar-refractivity contribution in [3.63, 3.8) is 0 Å². The Morgan fingerprint density at radius 2 is 1.58 bits per heavy atom. The Morgan fingerprint density at radius 1 is 0.958 bits per heavy atom. The highest BCUT2D eigenvalue weighted by Crippen LogP contribution is 2.35. The summed E-state index contributed by atoms with van der Waals surface area (Å²) in [7, 11) is 0. The Morgan fingerprint density at radius 3 is 2.12 bits per heavy atom. The number of carboxylic acid groups (broad SMARTS) is 2. The zero-order chi connectivity index (χ0) is 17.5. The lowest BCUT2D eigenvalue weighted by molar-refractivity contribution is -0.139. The standard InChI is InChI=1S/C19H22O5/c20-15(10-13-6-2-1-3-7-13)11-16(14-8-4-5-9-14)17(19(23)24)12-18(21)22/h1-3,6-7,14H,4-5,8-12H2,(H,21,22)(H,23,24). The van der Waals surface area contributed by atoms with Crippen molar-refractivity contribution in [3.8, 4) is 0 Å². The summed E-state index contributed by atoms with van der Waals surface area (Å²) in [5.41, 5.74) is 1.28. The minimum Gasteiger partial charge on any atom is -0.481 e. The molecule has 24 heavy (non-hydrogen) atoms. The zero-order valence-corrected chi connectivity index (χ0v) is 13.5. The largest absolute Gasteiger partial charge is 0.481 e. The predicted octanol–water partition coefficient (Wildman–Crippen LogP) is 3.23. The summed E-state index contributed by atoms with van der Waals surface area (Å²) >= 11 is 0. The van der Waals surface area contributed by atoms with E-state index in [1.165, 1.54) is 0 Å². The molecular weight excluding hydrogens is 308 g/mol. The second-order valence-corrected chi connectivity index (χ2v) is 6.24. The normalized spacial score (nSPS) is 15.8. The maximum atomic E-state index is 12.4. The van der Waals surface area contributed by atoms with Gasteiger partial charge in [-0.2, -0.15) is 0 Å². The summed E-state index contributed by atoms with van der Waals surface area (Å²) in [5, 5.41) is 18.4. The summed E-state index contributed by atoms with van der Waals surface area (Å²) in [5.74, 6) is -2.48. The quantitative estimate of drug-likeness (QED) is 0.714. The van der Waals surface area contributed by atoms with Crippen LogP contribution in [0.1, 0.15) is 44.1 Å². The molecule has 5 nitrogen and oxygen atoms in total. The van der Waals surface area contributed by atoms with Gasteiger partial charge in [-0.15, -0.1) is 0 Å². The molecular formula is C19H22O5. The minimum absolute atomic E-state index is 0.00942. The van der Waals surface area contributed by atoms with Crippen molar-refractivity contribution in [1.29, 1.82) is 0 Å². The summed E-state index contributed by atoms with van der Waals surface area (Å²) in [6, 6.07) is 9.28. The number of hydrogen-bond donors (Lipinski definition) is 2. The Bertz CT molecular complexity index is 639. The topological polar surface area (TPSA) is 91.7 Å². The van der Waals surface area contributed by atoms with Gasteiger partial charge in [-0.05, 0) is 29.9 Å². The minimum atomic E-state index is -1.23. The number of ketones is 1. The van der Waals surface area contributed by atoms with Crippen molar-refractivity contribution in [1.82, 2.24) is 0 Å². The molecule has 1 saturated carbocycles. The van der Waals surface area contributed by atoms with Gasteiger partial charge in [0.15, 0.2) is 0 Å². The lowest BCUT2D eigenvalue weighted by Crippen LogP contribution is -2.17. The van der Waals surface area contributed by atoms with E-state index in [1.807, 2.05) is 30.3 Å². The van der Waals surface area contributed by atoms with Gasteiger partial charge in [0.2, 0.25) is 0 Å². The third-order valence-electron chi connectivity index (χ3n) is 4.45. The highest BCUT2D eigenvalue weighted by Gasteiger charge is 2.28. The SMILES string of the molecule is O=C(O)CC(C(=O)O)=C(CC(=O)Cc1ccccc1)C1CCCC1. The molecule has 128 valence electrons. The van der Waals surface area contributed by atoms with Gasteiger partial charge in [0.1, 0.15) is 5.78 Å². The summed E-state index contributed by atoms with van der Waals surface area (Å²) in [6.07, 6.45) is 3.34. The van der Waals surface area contributed by atoms with Crippen LogP contribution >= 0.6 is 0 Å². The third-order valence-corrected chi connectivity index (χ3v) is 4.45. The number of carbonyl (C=O) groups is 3. The summed E-state index contributed by atoms with van der Waals surface area (Å²) in [6.45, 7) is 0. The van der Waals surface area contributed by atoms with Crippen LogP contribution in [0.15, 0.2) is 41.5 Å². The highest BCUT2D eigenvalue weighted by molar-refractivity contribution is 5.94. The number of allylic oxidation sites excluding steroid dienone is 1. The second kappa shape index (κ2) is 8.43. The third kappa shape index (κ3) is 5.05. The fourth-order valence-corrected chi connectivity index (χ4v) is 3.35. The van der Waals surface area contributed by atoms with Gasteiger partial charge in [0, 0.05) is 18.4 Å². The monoisotopic (exact) mass is 330 g/mol. The molecule has 5 heteroatoms. The van der Waals surface area contributed by atoms with E-state index in [1.54, 1.807) is 0 Å². The van der Waals surface area contributed by atoms with Gasteiger partial charge in [0.25, 0.3) is 0 Å². The van der Waals surface area contributed by atoms with Crippen LogP contribution in [0.25, 0.3) is 0 Å². The molecule has 2 N–H and O–H groups in total. The number of carbonyl (C=O) groups excluding carboxylic acids is 1. The van der Waals surface area contributed by atoms with Gasteiger partial charge in [0.05, 0.1) is 6.42 Å². The molecule has 0 saturated heterocycles. The van der Waals surface area contributed by atoms with Crippen LogP contribution in [0.5, 0.6) is 0 Å². The number of Topliss-reactive ketones (excluding diaryl/α,β-unsaturated/α-hetero) is 1. The van der Waals surface area contributed by atoms with Crippen molar-refractivity contribution in [2.75, 3.05) is 0 Å². The van der Waals surface area contributed by atoms with Crippen molar-refractivity contribution in [2.24, 2.45) is 5.92 Å². The molecule has 0 radical (unpaired) electrons. The number of hydrogen-bond acceptors (Lipinski definition) is 3. The molecule has 0 spiro atoms. The van der Waals surface area contributed by atoms with Crippen LogP contribution in [0.2, 0.25) is 0 Å². The van der Waals surface area contributed by atoms with Gasteiger partial charge >= 0.3 is 11.9 Å². The number of aliphatic carboxylic acids is 2. The van der Waals surface area contributed by atoms with E-state index in [0.29, 0.717) is 5.57 Å². The molecule has 0 amide bonds. The van der Waals surface area contributed by atoms with E-state index < -0.39 is 18.4 Å². The molecule has 1 aromatic carbocycles. The van der Waals surface area contributed by atoms with Gasteiger partial charge in [-0.3, -0.25) is 9.59 Å². The maximum Gasteiger partial charge on any atom is 0.332 e. The van der Waals surface area contributed by atoms with Crippen molar-refractivity contribution in [2.45, 2.75) is 44.9 Å². The molecule has 1 fully saturated rings. The Kier molecular flexibility index (Phi) is 6.29. The Balaban J connectivity index is 2.23. The van der Waals surface area contributed by atoms with Gasteiger partial charge in [-0.1, -0.05) is 43.2 Å². The summed E-state index contributed by atoms with van der Waals surface area (Å²) in [4.78, 5) is 35.0. The molecule has 0 heterocycles. The number of benzene rings is 1. The van der Waals surface area contributed by atoms with Crippen molar-refractivity contribution in [3.05, 3.63) is 47.0 Å². The smallest absolute Gasteiger partial charge is 0.332 e. The molecule has 1 aliphatic carbocycles. The van der Waals surface area contributed by atoms with E-state index in [9.17, 15) is 19.5 Å². The maximum absolute atomic E-state index is 12.4.